The summed E-state index contributed by atoms with van der Waals surface area (Å²) in [4.78, 5) is 18.4. The monoisotopic (exact) mass is 328 g/mol. The SMILES string of the molecule is Clc1ccccc1NCC1CCCN1c1ncnc2nc[nH]c12. The molecule has 1 fully saturated rings. The molecule has 0 radical (unpaired) electrons. The van der Waals surface area contributed by atoms with Crippen molar-refractivity contribution in [3.05, 3.63) is 41.9 Å². The average Bonchev–Trinajstić information content (AvgIpc) is 3.22. The maximum absolute atomic E-state index is 6.22. The van der Waals surface area contributed by atoms with Crippen LogP contribution >= 0.6 is 11.6 Å². The largest absolute Gasteiger partial charge is 0.382 e. The van der Waals surface area contributed by atoms with Gasteiger partial charge < -0.3 is 15.2 Å². The minimum Gasteiger partial charge on any atom is -0.382 e. The molecule has 0 bridgehead atoms. The van der Waals surface area contributed by atoms with E-state index in [0.29, 0.717) is 11.7 Å². The summed E-state index contributed by atoms with van der Waals surface area (Å²) < 4.78 is 0. The zero-order valence-electron chi connectivity index (χ0n) is 12.5. The maximum Gasteiger partial charge on any atom is 0.182 e. The third kappa shape index (κ3) is 2.70. The Morgan fingerprint density at radius 2 is 2.17 bits per heavy atom. The zero-order chi connectivity index (χ0) is 15.6. The quantitative estimate of drug-likeness (QED) is 0.770. The molecule has 7 heteroatoms. The summed E-state index contributed by atoms with van der Waals surface area (Å²) in [6, 6.07) is 8.19. The van der Waals surface area contributed by atoms with Crippen LogP contribution in [0.3, 0.4) is 0 Å². The first-order valence-electron chi connectivity index (χ1n) is 7.72. The number of nitrogens with one attached hydrogen (secondary N) is 2. The van der Waals surface area contributed by atoms with Crippen molar-refractivity contribution in [2.24, 2.45) is 0 Å². The number of aromatic amines is 1. The smallest absolute Gasteiger partial charge is 0.182 e. The predicted molar refractivity (Wildman–Crippen MR) is 92.0 cm³/mol. The maximum atomic E-state index is 6.22. The lowest BCUT2D eigenvalue weighted by Crippen LogP contribution is -2.35. The second-order valence-corrected chi connectivity index (χ2v) is 6.06. The number of para-hydroxylation sites is 1. The van der Waals surface area contributed by atoms with Gasteiger partial charge in [0.05, 0.1) is 17.0 Å². The van der Waals surface area contributed by atoms with E-state index in [1.807, 2.05) is 24.3 Å². The van der Waals surface area contributed by atoms with Gasteiger partial charge in [-0.2, -0.15) is 0 Å². The van der Waals surface area contributed by atoms with E-state index in [4.69, 9.17) is 11.6 Å². The van der Waals surface area contributed by atoms with Crippen LogP contribution in [0, 0.1) is 0 Å². The van der Waals surface area contributed by atoms with Gasteiger partial charge in [-0.15, -0.1) is 0 Å². The Bertz CT molecular complexity index is 817. The van der Waals surface area contributed by atoms with Gasteiger partial charge in [0.1, 0.15) is 11.8 Å². The van der Waals surface area contributed by atoms with Crippen molar-refractivity contribution < 1.29 is 0 Å². The van der Waals surface area contributed by atoms with Gasteiger partial charge in [0.15, 0.2) is 11.5 Å². The topological polar surface area (TPSA) is 69.7 Å². The highest BCUT2D eigenvalue weighted by atomic mass is 35.5. The molecule has 23 heavy (non-hydrogen) atoms. The Hall–Kier alpha value is -2.34. The van der Waals surface area contributed by atoms with Crippen LogP contribution in [-0.2, 0) is 0 Å². The number of halogens is 1. The summed E-state index contributed by atoms with van der Waals surface area (Å²) in [6.45, 7) is 1.81. The standard InChI is InChI=1S/C16H17ClN6/c17-12-5-1-2-6-13(12)18-8-11-4-3-7-23(11)16-14-15(20-9-19-14)21-10-22-16/h1-2,5-6,9-11,18H,3-4,7-8H2,(H,19,20,21,22). The van der Waals surface area contributed by atoms with Crippen molar-refractivity contribution in [1.29, 1.82) is 0 Å². The van der Waals surface area contributed by atoms with Crippen LogP contribution in [0.1, 0.15) is 12.8 Å². The van der Waals surface area contributed by atoms with Crippen molar-refractivity contribution in [1.82, 2.24) is 19.9 Å². The summed E-state index contributed by atoms with van der Waals surface area (Å²) >= 11 is 6.22. The minimum atomic E-state index is 0.368. The Morgan fingerprint density at radius 3 is 3.09 bits per heavy atom. The molecule has 1 aliphatic rings. The lowest BCUT2D eigenvalue weighted by atomic mass is 10.2. The van der Waals surface area contributed by atoms with Gasteiger partial charge in [-0.1, -0.05) is 23.7 Å². The van der Waals surface area contributed by atoms with E-state index in [0.717, 1.165) is 48.0 Å². The second-order valence-electron chi connectivity index (χ2n) is 5.65. The van der Waals surface area contributed by atoms with Crippen LogP contribution in [-0.4, -0.2) is 39.1 Å². The Labute approximate surface area is 138 Å². The van der Waals surface area contributed by atoms with Crippen LogP contribution in [0.15, 0.2) is 36.9 Å². The summed E-state index contributed by atoms with van der Waals surface area (Å²) in [5.74, 6) is 0.927. The van der Waals surface area contributed by atoms with Gasteiger partial charge in [0, 0.05) is 19.1 Å². The highest BCUT2D eigenvalue weighted by molar-refractivity contribution is 6.33. The summed E-state index contributed by atoms with van der Waals surface area (Å²) in [5, 5.41) is 4.20. The number of hydrogen-bond acceptors (Lipinski definition) is 5. The number of H-pyrrole nitrogens is 1. The first-order chi connectivity index (χ1) is 11.3. The molecule has 2 N–H and O–H groups in total. The Morgan fingerprint density at radius 1 is 1.26 bits per heavy atom. The number of rotatable bonds is 4. The zero-order valence-corrected chi connectivity index (χ0v) is 13.3. The molecular formula is C16H17ClN6. The van der Waals surface area contributed by atoms with E-state index in [1.54, 1.807) is 12.7 Å². The number of nitrogens with zero attached hydrogens (tertiary/aromatic N) is 4. The van der Waals surface area contributed by atoms with Gasteiger partial charge in [-0.05, 0) is 25.0 Å². The Kier molecular flexibility index (Phi) is 3.75. The fourth-order valence-corrected chi connectivity index (χ4v) is 3.33. The van der Waals surface area contributed by atoms with E-state index >= 15 is 0 Å². The van der Waals surface area contributed by atoms with Crippen molar-refractivity contribution in [2.45, 2.75) is 18.9 Å². The molecule has 0 spiro atoms. The second kappa shape index (κ2) is 6.04. The van der Waals surface area contributed by atoms with Crippen molar-refractivity contribution in [3.8, 4) is 0 Å². The number of hydrogen-bond donors (Lipinski definition) is 2. The molecule has 4 rings (SSSR count). The third-order valence-corrected chi connectivity index (χ3v) is 4.58. The third-order valence-electron chi connectivity index (χ3n) is 4.25. The van der Waals surface area contributed by atoms with Crippen LogP contribution in [0.5, 0.6) is 0 Å². The molecule has 3 aromatic rings. The van der Waals surface area contributed by atoms with Crippen LogP contribution < -0.4 is 10.2 Å². The normalized spacial score (nSPS) is 17.8. The van der Waals surface area contributed by atoms with E-state index in [1.165, 1.54) is 0 Å². The number of imidazole rings is 1. The van der Waals surface area contributed by atoms with Gasteiger partial charge in [-0.25, -0.2) is 15.0 Å². The lowest BCUT2D eigenvalue weighted by Gasteiger charge is -2.26. The highest BCUT2D eigenvalue weighted by Crippen LogP contribution is 2.28. The van der Waals surface area contributed by atoms with Gasteiger partial charge in [0.25, 0.3) is 0 Å². The molecule has 0 amide bonds. The minimum absolute atomic E-state index is 0.368. The molecule has 6 nitrogen and oxygen atoms in total. The average molecular weight is 329 g/mol. The summed E-state index contributed by atoms with van der Waals surface area (Å²) in [6.07, 6.45) is 5.51. The molecule has 118 valence electrons. The first kappa shape index (κ1) is 14.3. The summed E-state index contributed by atoms with van der Waals surface area (Å²) in [7, 11) is 0. The fourth-order valence-electron chi connectivity index (χ4n) is 3.13. The molecule has 1 saturated heterocycles. The van der Waals surface area contributed by atoms with Gasteiger partial charge in [-0.3, -0.25) is 0 Å². The first-order valence-corrected chi connectivity index (χ1v) is 8.10. The molecule has 0 aliphatic carbocycles. The molecule has 1 aliphatic heterocycles. The van der Waals surface area contributed by atoms with Crippen molar-refractivity contribution in [2.75, 3.05) is 23.3 Å². The van der Waals surface area contributed by atoms with E-state index < -0.39 is 0 Å². The van der Waals surface area contributed by atoms with Crippen LogP contribution in [0.2, 0.25) is 5.02 Å². The molecule has 2 aromatic heterocycles. The molecule has 1 atom stereocenters. The number of aromatic nitrogens is 4. The lowest BCUT2D eigenvalue weighted by molar-refractivity contribution is 0.692. The van der Waals surface area contributed by atoms with E-state index in [-0.39, 0.29) is 0 Å². The van der Waals surface area contributed by atoms with E-state index in [2.05, 4.69) is 30.2 Å². The van der Waals surface area contributed by atoms with Crippen molar-refractivity contribution in [3.63, 3.8) is 0 Å². The number of fused-ring (bicyclic) bond motifs is 1. The Balaban J connectivity index is 1.55. The van der Waals surface area contributed by atoms with Crippen molar-refractivity contribution >= 4 is 34.3 Å². The summed E-state index contributed by atoms with van der Waals surface area (Å²) in [5.41, 5.74) is 2.58. The van der Waals surface area contributed by atoms with Crippen LogP contribution in [0.25, 0.3) is 11.2 Å². The van der Waals surface area contributed by atoms with Crippen LogP contribution in [0.4, 0.5) is 11.5 Å². The molecular weight excluding hydrogens is 312 g/mol. The van der Waals surface area contributed by atoms with Gasteiger partial charge >= 0.3 is 0 Å². The molecule has 1 aromatic carbocycles. The van der Waals surface area contributed by atoms with E-state index in [9.17, 15) is 0 Å². The highest BCUT2D eigenvalue weighted by Gasteiger charge is 2.27. The molecule has 1 unspecified atom stereocenters. The predicted octanol–water partition coefficient (Wildman–Crippen LogP) is 3.09. The molecule has 0 saturated carbocycles. The number of anilines is 2. The van der Waals surface area contributed by atoms with Gasteiger partial charge in [0.2, 0.25) is 0 Å². The fraction of sp³-hybridized carbons (Fsp3) is 0.312. The number of benzene rings is 1. The molecule has 3 heterocycles.